The van der Waals surface area contributed by atoms with Crippen molar-refractivity contribution in [3.63, 3.8) is 0 Å². The summed E-state index contributed by atoms with van der Waals surface area (Å²) in [7, 11) is 0. The first-order chi connectivity index (χ1) is 19.4. The molecule has 0 radical (unpaired) electrons. The van der Waals surface area contributed by atoms with Gasteiger partial charge >= 0.3 is 0 Å². The van der Waals surface area contributed by atoms with Crippen LogP contribution in [0.15, 0.2) is 84.0 Å². The Bertz CT molecular complexity index is 1280. The van der Waals surface area contributed by atoms with Gasteiger partial charge in [-0.15, -0.1) is 0 Å². The molecule has 0 unspecified atom stereocenters. The lowest BCUT2D eigenvalue weighted by Gasteiger charge is -2.32. The highest BCUT2D eigenvalue weighted by molar-refractivity contribution is 6.01. The number of hydrogen-bond acceptors (Lipinski definition) is 6. The lowest BCUT2D eigenvalue weighted by molar-refractivity contribution is -0.384. The van der Waals surface area contributed by atoms with Gasteiger partial charge in [0.05, 0.1) is 16.3 Å². The number of carbonyl (C=O) groups excluding carboxylic acids is 1. The van der Waals surface area contributed by atoms with Gasteiger partial charge in [-0.2, -0.15) is 5.10 Å². The highest BCUT2D eigenvalue weighted by Gasteiger charge is 2.21. The van der Waals surface area contributed by atoms with Gasteiger partial charge in [0.15, 0.2) is 0 Å². The van der Waals surface area contributed by atoms with Crippen LogP contribution in [0.4, 0.5) is 17.1 Å². The summed E-state index contributed by atoms with van der Waals surface area (Å²) in [6.45, 7) is 6.97. The molecule has 210 valence electrons. The molecule has 40 heavy (non-hydrogen) atoms. The highest BCUT2D eigenvalue weighted by Crippen LogP contribution is 2.30. The van der Waals surface area contributed by atoms with Crippen molar-refractivity contribution in [2.45, 2.75) is 51.9 Å². The average molecular weight is 542 g/mol. The van der Waals surface area contributed by atoms with Gasteiger partial charge in [-0.25, -0.2) is 0 Å². The monoisotopic (exact) mass is 541 g/mol. The molecule has 1 fully saturated rings. The maximum absolute atomic E-state index is 12.1. The Balaban J connectivity index is 1.27. The molecule has 1 aliphatic rings. The van der Waals surface area contributed by atoms with Crippen molar-refractivity contribution in [2.75, 3.05) is 30.4 Å². The van der Waals surface area contributed by atoms with E-state index < -0.39 is 0 Å². The van der Waals surface area contributed by atoms with Gasteiger partial charge in [0.2, 0.25) is 5.91 Å². The first-order valence-electron chi connectivity index (χ1n) is 14.1. The van der Waals surface area contributed by atoms with Crippen LogP contribution in [0.3, 0.4) is 0 Å². The Kier molecular flexibility index (Phi) is 10.4. The molecule has 1 heterocycles. The SMILES string of the molecule is CC(C)C(=O)Nc1cccc(C2CCN(CCCC/C(=N\Nc3ccccc3)c3ccc([N+](=O)[O-])cc3)CC2)c1. The van der Waals surface area contributed by atoms with E-state index in [1.807, 2.05) is 56.3 Å². The smallest absolute Gasteiger partial charge is 0.269 e. The molecule has 3 aromatic rings. The second-order valence-corrected chi connectivity index (χ2v) is 10.7. The second kappa shape index (κ2) is 14.4. The minimum absolute atomic E-state index is 0.0384. The van der Waals surface area contributed by atoms with Crippen molar-refractivity contribution < 1.29 is 9.72 Å². The number of carbonyl (C=O) groups is 1. The van der Waals surface area contributed by atoms with Crippen LogP contribution in [0.25, 0.3) is 0 Å². The van der Waals surface area contributed by atoms with Gasteiger partial charge in [-0.1, -0.05) is 44.2 Å². The summed E-state index contributed by atoms with van der Waals surface area (Å²) in [5.41, 5.74) is 8.07. The third-order valence-corrected chi connectivity index (χ3v) is 7.38. The normalized spacial score (nSPS) is 14.7. The van der Waals surface area contributed by atoms with E-state index in [1.54, 1.807) is 12.1 Å². The molecule has 8 heteroatoms. The van der Waals surface area contributed by atoms with Crippen molar-refractivity contribution in [1.82, 2.24) is 4.90 Å². The van der Waals surface area contributed by atoms with E-state index in [1.165, 1.54) is 17.7 Å². The number of para-hydroxylation sites is 1. The zero-order valence-corrected chi connectivity index (χ0v) is 23.4. The van der Waals surface area contributed by atoms with E-state index in [4.69, 9.17) is 0 Å². The highest BCUT2D eigenvalue weighted by atomic mass is 16.6. The zero-order chi connectivity index (χ0) is 28.3. The first-order valence-corrected chi connectivity index (χ1v) is 14.1. The van der Waals surface area contributed by atoms with Crippen LogP contribution in [0.2, 0.25) is 0 Å². The summed E-state index contributed by atoms with van der Waals surface area (Å²) in [5, 5.41) is 18.7. The Morgan fingerprint density at radius 3 is 2.35 bits per heavy atom. The summed E-state index contributed by atoms with van der Waals surface area (Å²) in [6, 6.07) is 24.7. The molecular formula is C32H39N5O3. The van der Waals surface area contributed by atoms with Gasteiger partial charge < -0.3 is 10.2 Å². The van der Waals surface area contributed by atoms with Crippen molar-refractivity contribution in [1.29, 1.82) is 0 Å². The number of amides is 1. The van der Waals surface area contributed by atoms with E-state index >= 15 is 0 Å². The van der Waals surface area contributed by atoms with Crippen LogP contribution in [-0.2, 0) is 4.79 Å². The number of hydrazone groups is 1. The number of benzene rings is 3. The number of nitrogens with zero attached hydrogens (tertiary/aromatic N) is 3. The van der Waals surface area contributed by atoms with Crippen molar-refractivity contribution in [2.24, 2.45) is 11.0 Å². The fraction of sp³-hybridized carbons (Fsp3) is 0.375. The van der Waals surface area contributed by atoms with Crippen molar-refractivity contribution in [3.05, 3.63) is 100 Å². The topological polar surface area (TPSA) is 99.9 Å². The lowest BCUT2D eigenvalue weighted by atomic mass is 9.89. The lowest BCUT2D eigenvalue weighted by Crippen LogP contribution is -2.33. The molecule has 0 atom stereocenters. The molecule has 0 bridgehead atoms. The van der Waals surface area contributed by atoms with E-state index in [9.17, 15) is 14.9 Å². The quantitative estimate of drug-likeness (QED) is 0.111. The number of nitrogens with one attached hydrogen (secondary N) is 2. The Morgan fingerprint density at radius 2 is 1.68 bits per heavy atom. The average Bonchev–Trinajstić information content (AvgIpc) is 2.98. The minimum Gasteiger partial charge on any atom is -0.326 e. The van der Waals surface area contributed by atoms with E-state index in [0.29, 0.717) is 5.92 Å². The number of rotatable bonds is 12. The van der Waals surface area contributed by atoms with Crippen LogP contribution < -0.4 is 10.7 Å². The molecule has 0 aliphatic carbocycles. The van der Waals surface area contributed by atoms with Gasteiger partial charge in [0.25, 0.3) is 5.69 Å². The summed E-state index contributed by atoms with van der Waals surface area (Å²) in [5.74, 6) is 0.519. The Hall–Kier alpha value is -4.04. The fourth-order valence-electron chi connectivity index (χ4n) is 4.96. The Morgan fingerprint density at radius 1 is 0.975 bits per heavy atom. The third kappa shape index (κ3) is 8.48. The maximum atomic E-state index is 12.1. The van der Waals surface area contributed by atoms with Gasteiger partial charge in [0.1, 0.15) is 0 Å². The van der Waals surface area contributed by atoms with Gasteiger partial charge in [0, 0.05) is 23.7 Å². The first kappa shape index (κ1) is 29.0. The predicted octanol–water partition coefficient (Wildman–Crippen LogP) is 7.06. The largest absolute Gasteiger partial charge is 0.326 e. The van der Waals surface area contributed by atoms with E-state index in [-0.39, 0.29) is 22.4 Å². The molecule has 1 saturated heterocycles. The van der Waals surface area contributed by atoms with Gasteiger partial charge in [-0.3, -0.25) is 20.3 Å². The molecule has 8 nitrogen and oxygen atoms in total. The summed E-state index contributed by atoms with van der Waals surface area (Å²) in [4.78, 5) is 25.3. The third-order valence-electron chi connectivity index (χ3n) is 7.38. The maximum Gasteiger partial charge on any atom is 0.269 e. The molecule has 2 N–H and O–H groups in total. The summed E-state index contributed by atoms with van der Waals surface area (Å²) >= 11 is 0. The molecule has 0 saturated carbocycles. The van der Waals surface area contributed by atoms with E-state index in [2.05, 4.69) is 32.9 Å². The molecular weight excluding hydrogens is 502 g/mol. The molecule has 0 aromatic heterocycles. The number of unbranched alkanes of at least 4 members (excludes halogenated alkanes) is 1. The number of nitro benzene ring substituents is 1. The number of likely N-dealkylation sites (tertiary alicyclic amines) is 1. The number of hydrogen-bond donors (Lipinski definition) is 2. The van der Waals surface area contributed by atoms with Crippen molar-refractivity contribution >= 4 is 28.7 Å². The molecule has 3 aromatic carbocycles. The molecule has 0 spiro atoms. The molecule has 1 amide bonds. The number of piperidine rings is 1. The second-order valence-electron chi connectivity index (χ2n) is 10.7. The predicted molar refractivity (Wildman–Crippen MR) is 162 cm³/mol. The molecule has 4 rings (SSSR count). The summed E-state index contributed by atoms with van der Waals surface area (Å²) in [6.07, 6.45) is 5.03. The van der Waals surface area contributed by atoms with Crippen LogP contribution in [0.1, 0.15) is 63.0 Å². The van der Waals surface area contributed by atoms with Crippen molar-refractivity contribution in [3.8, 4) is 0 Å². The summed E-state index contributed by atoms with van der Waals surface area (Å²) < 4.78 is 0. The van der Waals surface area contributed by atoms with Crippen LogP contribution in [0, 0.1) is 16.0 Å². The zero-order valence-electron chi connectivity index (χ0n) is 23.4. The fourth-order valence-corrected chi connectivity index (χ4v) is 4.96. The van der Waals surface area contributed by atoms with Crippen LogP contribution >= 0.6 is 0 Å². The standard InChI is InChI=1S/C32H39N5O3/c1-24(2)32(38)33-29-12-8-9-27(23-29)25-18-21-36(22-19-25)20-7-6-13-31(35-34-28-10-4-3-5-11-28)26-14-16-30(17-15-26)37(39)40/h3-5,8-12,14-17,23-25,34H,6-7,13,18-22H2,1-2H3,(H,33,38)/b35-31+. The van der Waals surface area contributed by atoms with Crippen LogP contribution in [-0.4, -0.2) is 41.1 Å². The number of non-ortho nitro benzene ring substituents is 1. The van der Waals surface area contributed by atoms with Crippen LogP contribution in [0.5, 0.6) is 0 Å². The number of anilines is 2. The van der Waals surface area contributed by atoms with E-state index in [0.717, 1.165) is 74.4 Å². The van der Waals surface area contributed by atoms with Gasteiger partial charge in [-0.05, 0) is 105 Å². The Labute approximate surface area is 236 Å². The number of nitro groups is 1. The molecule has 1 aliphatic heterocycles. The minimum atomic E-state index is -0.382.